The summed E-state index contributed by atoms with van der Waals surface area (Å²) in [6, 6.07) is 1.52. The lowest BCUT2D eigenvalue weighted by Crippen LogP contribution is -2.29. The number of aryl methyl sites for hydroxylation is 1. The van der Waals surface area contributed by atoms with Gasteiger partial charge in [0.25, 0.3) is 0 Å². The lowest BCUT2D eigenvalue weighted by Gasteiger charge is -2.20. The Labute approximate surface area is 106 Å². The molecule has 6 nitrogen and oxygen atoms in total. The molecular weight excluding hydrogens is 238 g/mol. The molecule has 0 saturated heterocycles. The third-order valence-corrected chi connectivity index (χ3v) is 2.65. The van der Waals surface area contributed by atoms with Gasteiger partial charge >= 0.3 is 5.97 Å². The van der Waals surface area contributed by atoms with Crippen molar-refractivity contribution in [1.82, 2.24) is 4.90 Å². The molecule has 1 aromatic rings. The van der Waals surface area contributed by atoms with E-state index in [1.807, 2.05) is 4.90 Å². The molecule has 0 saturated carbocycles. The fourth-order valence-electron chi connectivity index (χ4n) is 1.65. The highest BCUT2D eigenvalue weighted by Gasteiger charge is 2.15. The van der Waals surface area contributed by atoms with Gasteiger partial charge in [0.2, 0.25) is 5.76 Å². The fourth-order valence-corrected chi connectivity index (χ4v) is 1.65. The van der Waals surface area contributed by atoms with Gasteiger partial charge in [-0.2, -0.15) is 0 Å². The number of carboxylic acid groups (broad SMARTS) is 1. The normalized spacial score (nSPS) is 11.1. The van der Waals surface area contributed by atoms with E-state index in [4.69, 9.17) is 19.4 Å². The monoisotopic (exact) mass is 257 g/mol. The average Bonchev–Trinajstić information content (AvgIpc) is 2.68. The van der Waals surface area contributed by atoms with E-state index in [2.05, 4.69) is 0 Å². The summed E-state index contributed by atoms with van der Waals surface area (Å²) in [6.07, 6.45) is 0. The molecule has 0 aliphatic rings. The first-order valence-electron chi connectivity index (χ1n) is 5.73. The Hall–Kier alpha value is -1.37. The van der Waals surface area contributed by atoms with Gasteiger partial charge in [-0.05, 0) is 13.0 Å². The van der Waals surface area contributed by atoms with Gasteiger partial charge in [-0.3, -0.25) is 4.90 Å². The highest BCUT2D eigenvalue weighted by molar-refractivity contribution is 5.84. The quantitative estimate of drug-likeness (QED) is 0.714. The number of aliphatic hydroxyl groups excluding tert-OH is 1. The number of furan rings is 1. The molecule has 1 aromatic heterocycles. The van der Waals surface area contributed by atoms with Crippen molar-refractivity contribution in [3.8, 4) is 0 Å². The lowest BCUT2D eigenvalue weighted by atomic mass is 10.2. The number of aromatic carboxylic acids is 1. The Morgan fingerprint density at radius 3 is 2.72 bits per heavy atom. The van der Waals surface area contributed by atoms with Crippen LogP contribution >= 0.6 is 0 Å². The Morgan fingerprint density at radius 2 is 2.22 bits per heavy atom. The Bertz CT molecular complexity index is 388. The third kappa shape index (κ3) is 4.14. The van der Waals surface area contributed by atoms with Crippen molar-refractivity contribution in [2.75, 3.05) is 33.4 Å². The molecule has 1 heterocycles. The summed E-state index contributed by atoms with van der Waals surface area (Å²) >= 11 is 0. The Kier molecular flexibility index (Phi) is 5.84. The highest BCUT2D eigenvalue weighted by Crippen LogP contribution is 2.16. The van der Waals surface area contributed by atoms with Crippen LogP contribution in [0.2, 0.25) is 0 Å². The van der Waals surface area contributed by atoms with E-state index in [1.165, 1.54) is 6.07 Å². The van der Waals surface area contributed by atoms with Crippen LogP contribution in [0.3, 0.4) is 0 Å². The fraction of sp³-hybridized carbons (Fsp3) is 0.583. The van der Waals surface area contributed by atoms with Gasteiger partial charge in [-0.1, -0.05) is 0 Å². The van der Waals surface area contributed by atoms with Crippen LogP contribution in [0.4, 0.5) is 0 Å². The Morgan fingerprint density at radius 1 is 1.50 bits per heavy atom. The summed E-state index contributed by atoms with van der Waals surface area (Å²) in [4.78, 5) is 12.8. The van der Waals surface area contributed by atoms with Gasteiger partial charge in [0.15, 0.2) is 0 Å². The second kappa shape index (κ2) is 7.15. The van der Waals surface area contributed by atoms with E-state index in [0.29, 0.717) is 32.0 Å². The molecule has 1 rings (SSSR count). The molecule has 0 unspecified atom stereocenters. The minimum Gasteiger partial charge on any atom is -0.475 e. The minimum atomic E-state index is -1.07. The molecule has 0 aliphatic heterocycles. The van der Waals surface area contributed by atoms with Crippen molar-refractivity contribution >= 4 is 5.97 Å². The number of ether oxygens (including phenoxy) is 1. The third-order valence-electron chi connectivity index (χ3n) is 2.65. The number of carbonyl (C=O) groups is 1. The van der Waals surface area contributed by atoms with Gasteiger partial charge in [-0.25, -0.2) is 4.79 Å². The van der Waals surface area contributed by atoms with E-state index in [0.717, 1.165) is 5.56 Å². The van der Waals surface area contributed by atoms with Crippen LogP contribution in [0.15, 0.2) is 10.5 Å². The summed E-state index contributed by atoms with van der Waals surface area (Å²) < 4.78 is 10.1. The molecule has 0 spiro atoms. The number of nitrogens with zero attached hydrogens (tertiary/aromatic N) is 1. The summed E-state index contributed by atoms with van der Waals surface area (Å²) in [5.74, 6) is -0.541. The zero-order chi connectivity index (χ0) is 13.5. The van der Waals surface area contributed by atoms with Crippen molar-refractivity contribution in [1.29, 1.82) is 0 Å². The number of methoxy groups -OCH3 is 1. The summed E-state index contributed by atoms with van der Waals surface area (Å²) in [5.41, 5.74) is 0.817. The number of hydrogen-bond acceptors (Lipinski definition) is 5. The molecule has 0 amide bonds. The SMILES string of the molecule is COCCN(CCO)Cc1cc(C(=O)O)oc1C. The van der Waals surface area contributed by atoms with Crippen LogP contribution in [0.1, 0.15) is 21.9 Å². The molecule has 2 N–H and O–H groups in total. The van der Waals surface area contributed by atoms with Crippen LogP contribution in [-0.2, 0) is 11.3 Å². The first-order valence-corrected chi connectivity index (χ1v) is 5.73. The van der Waals surface area contributed by atoms with E-state index < -0.39 is 5.97 Å². The van der Waals surface area contributed by atoms with E-state index in [1.54, 1.807) is 14.0 Å². The average molecular weight is 257 g/mol. The van der Waals surface area contributed by atoms with Crippen molar-refractivity contribution in [3.63, 3.8) is 0 Å². The maximum Gasteiger partial charge on any atom is 0.371 e. The summed E-state index contributed by atoms with van der Waals surface area (Å²) in [7, 11) is 1.61. The van der Waals surface area contributed by atoms with Crippen LogP contribution < -0.4 is 0 Å². The molecule has 0 radical (unpaired) electrons. The van der Waals surface area contributed by atoms with Gasteiger partial charge in [0.05, 0.1) is 13.2 Å². The number of rotatable bonds is 8. The second-order valence-corrected chi connectivity index (χ2v) is 3.99. The molecule has 0 bridgehead atoms. The summed E-state index contributed by atoms with van der Waals surface area (Å²) in [6.45, 7) is 4.05. The maximum absolute atomic E-state index is 10.8. The van der Waals surface area contributed by atoms with Gasteiger partial charge in [-0.15, -0.1) is 0 Å². The van der Waals surface area contributed by atoms with Crippen molar-refractivity contribution < 1.29 is 24.2 Å². The highest BCUT2D eigenvalue weighted by atomic mass is 16.5. The van der Waals surface area contributed by atoms with Crippen molar-refractivity contribution in [3.05, 3.63) is 23.2 Å². The summed E-state index contributed by atoms with van der Waals surface area (Å²) in [5, 5.41) is 17.8. The number of aliphatic hydroxyl groups is 1. The maximum atomic E-state index is 10.8. The van der Waals surface area contributed by atoms with E-state index in [-0.39, 0.29) is 12.4 Å². The van der Waals surface area contributed by atoms with Crippen LogP contribution in [0, 0.1) is 6.92 Å². The smallest absolute Gasteiger partial charge is 0.371 e. The Balaban J connectivity index is 2.70. The van der Waals surface area contributed by atoms with Gasteiger partial charge in [0.1, 0.15) is 5.76 Å². The van der Waals surface area contributed by atoms with Crippen LogP contribution in [0.25, 0.3) is 0 Å². The molecule has 0 atom stereocenters. The molecule has 0 aliphatic carbocycles. The largest absolute Gasteiger partial charge is 0.475 e. The standard InChI is InChI=1S/C12H19NO5/c1-9-10(7-11(18-9)12(15)16)8-13(3-5-14)4-6-17-2/h7,14H,3-6,8H2,1-2H3,(H,15,16). The van der Waals surface area contributed by atoms with Crippen LogP contribution in [0.5, 0.6) is 0 Å². The van der Waals surface area contributed by atoms with Gasteiger partial charge in [0, 0.05) is 32.3 Å². The topological polar surface area (TPSA) is 83.1 Å². The zero-order valence-corrected chi connectivity index (χ0v) is 10.7. The molecule has 0 fully saturated rings. The molecule has 102 valence electrons. The predicted molar refractivity (Wildman–Crippen MR) is 64.6 cm³/mol. The molecular formula is C12H19NO5. The minimum absolute atomic E-state index is 0.0480. The molecule has 6 heteroatoms. The van der Waals surface area contributed by atoms with Crippen molar-refractivity contribution in [2.24, 2.45) is 0 Å². The molecule has 0 aromatic carbocycles. The van der Waals surface area contributed by atoms with Crippen molar-refractivity contribution in [2.45, 2.75) is 13.5 Å². The van der Waals surface area contributed by atoms with E-state index in [9.17, 15) is 4.79 Å². The molecule has 18 heavy (non-hydrogen) atoms. The van der Waals surface area contributed by atoms with Crippen LogP contribution in [-0.4, -0.2) is 54.5 Å². The second-order valence-electron chi connectivity index (χ2n) is 3.99. The first kappa shape index (κ1) is 14.7. The predicted octanol–water partition coefficient (Wildman–Crippen LogP) is 0.727. The number of hydrogen-bond donors (Lipinski definition) is 2. The lowest BCUT2D eigenvalue weighted by molar-refractivity contribution is 0.0661. The zero-order valence-electron chi connectivity index (χ0n) is 10.7. The van der Waals surface area contributed by atoms with Gasteiger partial charge < -0.3 is 19.4 Å². The van der Waals surface area contributed by atoms with E-state index >= 15 is 0 Å². The number of carboxylic acids is 1. The first-order chi connectivity index (χ1) is 8.58.